The number of hydrogen-bond donors (Lipinski definition) is 1. The van der Waals surface area contributed by atoms with Crippen molar-refractivity contribution >= 4 is 15.9 Å². The molecule has 1 heterocycles. The lowest BCUT2D eigenvalue weighted by atomic mass is 10.3. The van der Waals surface area contributed by atoms with Gasteiger partial charge in [-0.2, -0.15) is 5.10 Å². The highest BCUT2D eigenvalue weighted by Gasteiger charge is 2.16. The standard InChI is InChI=1S/C12H13N3O3S/c1-9-8-11(12(16)14-19(2,17)18)13-15(9)10-6-4-3-5-7-10/h3-8H,1-2H3,(H,14,16). The van der Waals surface area contributed by atoms with Gasteiger partial charge in [0, 0.05) is 5.69 Å². The van der Waals surface area contributed by atoms with Crippen molar-refractivity contribution in [2.45, 2.75) is 6.92 Å². The third-order valence-corrected chi connectivity index (χ3v) is 2.96. The van der Waals surface area contributed by atoms with E-state index in [1.807, 2.05) is 35.1 Å². The average molecular weight is 279 g/mol. The maximum absolute atomic E-state index is 11.7. The molecule has 1 aromatic carbocycles. The Morgan fingerprint density at radius 2 is 1.89 bits per heavy atom. The molecule has 0 spiro atoms. The minimum atomic E-state index is -3.59. The first-order chi connectivity index (χ1) is 8.87. The van der Waals surface area contributed by atoms with E-state index in [0.717, 1.165) is 17.6 Å². The minimum absolute atomic E-state index is 0.0618. The zero-order chi connectivity index (χ0) is 14.0. The molecule has 100 valence electrons. The Morgan fingerprint density at radius 3 is 2.47 bits per heavy atom. The minimum Gasteiger partial charge on any atom is -0.266 e. The third kappa shape index (κ3) is 3.19. The van der Waals surface area contributed by atoms with Crippen LogP contribution in [0.15, 0.2) is 36.4 Å². The summed E-state index contributed by atoms with van der Waals surface area (Å²) in [6.45, 7) is 1.79. The van der Waals surface area contributed by atoms with Gasteiger partial charge in [0.05, 0.1) is 11.9 Å². The molecular formula is C12H13N3O3S. The van der Waals surface area contributed by atoms with E-state index in [1.165, 1.54) is 6.07 Å². The molecule has 7 heteroatoms. The van der Waals surface area contributed by atoms with Crippen LogP contribution < -0.4 is 4.72 Å². The van der Waals surface area contributed by atoms with Gasteiger partial charge in [0.25, 0.3) is 5.91 Å². The molecule has 0 unspecified atom stereocenters. The van der Waals surface area contributed by atoms with Crippen LogP contribution in [0.25, 0.3) is 5.69 Å². The van der Waals surface area contributed by atoms with Crippen LogP contribution >= 0.6 is 0 Å². The van der Waals surface area contributed by atoms with Gasteiger partial charge in [0.2, 0.25) is 10.0 Å². The fourth-order valence-corrected chi connectivity index (χ4v) is 2.08. The van der Waals surface area contributed by atoms with Gasteiger partial charge in [-0.3, -0.25) is 4.79 Å². The monoisotopic (exact) mass is 279 g/mol. The summed E-state index contributed by atoms with van der Waals surface area (Å²) in [6, 6.07) is 10.8. The average Bonchev–Trinajstić information content (AvgIpc) is 2.70. The Hall–Kier alpha value is -2.15. The molecule has 0 saturated carbocycles. The second kappa shape index (κ2) is 4.85. The summed E-state index contributed by atoms with van der Waals surface area (Å²) < 4.78 is 25.5. The van der Waals surface area contributed by atoms with Gasteiger partial charge in [-0.25, -0.2) is 17.8 Å². The van der Waals surface area contributed by atoms with Crippen molar-refractivity contribution in [2.24, 2.45) is 0 Å². The van der Waals surface area contributed by atoms with Crippen molar-refractivity contribution < 1.29 is 13.2 Å². The number of nitrogens with zero attached hydrogens (tertiary/aromatic N) is 2. The topological polar surface area (TPSA) is 81.1 Å². The number of carbonyl (C=O) groups excluding carboxylic acids is 1. The second-order valence-corrected chi connectivity index (χ2v) is 5.87. The Morgan fingerprint density at radius 1 is 1.26 bits per heavy atom. The molecule has 0 saturated heterocycles. The van der Waals surface area contributed by atoms with Crippen molar-refractivity contribution in [3.05, 3.63) is 47.8 Å². The molecule has 0 bridgehead atoms. The molecule has 0 aliphatic carbocycles. The molecular weight excluding hydrogens is 266 g/mol. The van der Waals surface area contributed by atoms with Crippen LogP contribution in [0.3, 0.4) is 0 Å². The van der Waals surface area contributed by atoms with Gasteiger partial charge in [-0.15, -0.1) is 0 Å². The van der Waals surface area contributed by atoms with Gasteiger partial charge in [-0.1, -0.05) is 18.2 Å². The van der Waals surface area contributed by atoms with E-state index >= 15 is 0 Å². The lowest BCUT2D eigenvalue weighted by Crippen LogP contribution is -2.29. The van der Waals surface area contributed by atoms with Crippen molar-refractivity contribution in [3.8, 4) is 5.69 Å². The molecule has 2 rings (SSSR count). The summed E-state index contributed by atoms with van der Waals surface area (Å²) in [6.07, 6.45) is 0.923. The van der Waals surface area contributed by atoms with Gasteiger partial charge in [-0.05, 0) is 25.1 Å². The molecule has 1 N–H and O–H groups in total. The first kappa shape index (κ1) is 13.3. The summed E-state index contributed by atoms with van der Waals surface area (Å²) in [4.78, 5) is 11.7. The van der Waals surface area contributed by atoms with Crippen LogP contribution in [-0.4, -0.2) is 30.4 Å². The van der Waals surface area contributed by atoms with E-state index in [9.17, 15) is 13.2 Å². The first-order valence-electron chi connectivity index (χ1n) is 5.51. The fraction of sp³-hybridized carbons (Fsp3) is 0.167. The van der Waals surface area contributed by atoms with Gasteiger partial charge < -0.3 is 0 Å². The number of rotatable bonds is 3. The van der Waals surface area contributed by atoms with Gasteiger partial charge in [0.15, 0.2) is 5.69 Å². The van der Waals surface area contributed by atoms with E-state index in [2.05, 4.69) is 5.10 Å². The van der Waals surface area contributed by atoms with Crippen molar-refractivity contribution in [3.63, 3.8) is 0 Å². The quantitative estimate of drug-likeness (QED) is 0.904. The molecule has 0 aliphatic rings. The van der Waals surface area contributed by atoms with Crippen LogP contribution in [0.2, 0.25) is 0 Å². The number of nitrogens with one attached hydrogen (secondary N) is 1. The Labute approximate surface area is 111 Å². The van der Waals surface area contributed by atoms with Crippen molar-refractivity contribution in [1.82, 2.24) is 14.5 Å². The highest BCUT2D eigenvalue weighted by molar-refractivity contribution is 7.89. The SMILES string of the molecule is Cc1cc(C(=O)NS(C)(=O)=O)nn1-c1ccccc1. The smallest absolute Gasteiger partial charge is 0.266 e. The molecule has 19 heavy (non-hydrogen) atoms. The predicted octanol–water partition coefficient (Wildman–Crippen LogP) is 0.870. The summed E-state index contributed by atoms with van der Waals surface area (Å²) in [7, 11) is -3.59. The summed E-state index contributed by atoms with van der Waals surface area (Å²) in [5.41, 5.74) is 1.61. The summed E-state index contributed by atoms with van der Waals surface area (Å²) in [5.74, 6) is -0.736. The summed E-state index contributed by atoms with van der Waals surface area (Å²) in [5, 5.41) is 4.10. The molecule has 6 nitrogen and oxygen atoms in total. The molecule has 1 amide bonds. The first-order valence-corrected chi connectivity index (χ1v) is 7.40. The number of benzene rings is 1. The third-order valence-electron chi connectivity index (χ3n) is 2.40. The van der Waals surface area contributed by atoms with E-state index in [-0.39, 0.29) is 5.69 Å². The number of carbonyl (C=O) groups is 1. The van der Waals surface area contributed by atoms with Gasteiger partial charge in [0.1, 0.15) is 0 Å². The van der Waals surface area contributed by atoms with Crippen molar-refractivity contribution in [2.75, 3.05) is 6.26 Å². The number of amides is 1. The van der Waals surface area contributed by atoms with Crippen LogP contribution in [0, 0.1) is 6.92 Å². The number of aryl methyl sites for hydroxylation is 1. The maximum atomic E-state index is 11.7. The van der Waals surface area contributed by atoms with Gasteiger partial charge >= 0.3 is 0 Å². The Bertz CT molecular complexity index is 705. The van der Waals surface area contributed by atoms with E-state index < -0.39 is 15.9 Å². The van der Waals surface area contributed by atoms with Crippen molar-refractivity contribution in [1.29, 1.82) is 0 Å². The van der Waals surface area contributed by atoms with E-state index in [0.29, 0.717) is 0 Å². The predicted molar refractivity (Wildman–Crippen MR) is 70.6 cm³/mol. The molecule has 1 aromatic heterocycles. The van der Waals surface area contributed by atoms with E-state index in [1.54, 1.807) is 11.6 Å². The fourth-order valence-electron chi connectivity index (χ4n) is 1.64. The molecule has 2 aromatic rings. The summed E-state index contributed by atoms with van der Waals surface area (Å²) >= 11 is 0. The molecule has 0 aliphatic heterocycles. The number of para-hydroxylation sites is 1. The lowest BCUT2D eigenvalue weighted by molar-refractivity contribution is 0.0976. The highest BCUT2D eigenvalue weighted by Crippen LogP contribution is 2.11. The number of hydrogen-bond acceptors (Lipinski definition) is 4. The highest BCUT2D eigenvalue weighted by atomic mass is 32.2. The zero-order valence-electron chi connectivity index (χ0n) is 10.5. The second-order valence-electron chi connectivity index (χ2n) is 4.12. The van der Waals surface area contributed by atoms with Crippen LogP contribution in [-0.2, 0) is 10.0 Å². The largest absolute Gasteiger partial charge is 0.285 e. The Balaban J connectivity index is 2.35. The van der Waals surface area contributed by atoms with Crippen LogP contribution in [0.5, 0.6) is 0 Å². The van der Waals surface area contributed by atoms with Crippen LogP contribution in [0.4, 0.5) is 0 Å². The Kier molecular flexibility index (Phi) is 3.39. The lowest BCUT2D eigenvalue weighted by Gasteiger charge is -2.03. The number of sulfonamides is 1. The molecule has 0 radical (unpaired) electrons. The zero-order valence-corrected chi connectivity index (χ0v) is 11.3. The van der Waals surface area contributed by atoms with E-state index in [4.69, 9.17) is 0 Å². The molecule has 0 fully saturated rings. The molecule has 0 atom stereocenters. The van der Waals surface area contributed by atoms with Crippen LogP contribution in [0.1, 0.15) is 16.2 Å². The number of aromatic nitrogens is 2. The normalized spacial score (nSPS) is 11.3. The maximum Gasteiger partial charge on any atom is 0.285 e.